The second kappa shape index (κ2) is 8.15. The maximum Gasteiger partial charge on any atom is 0.339 e. The van der Waals surface area contributed by atoms with Crippen molar-refractivity contribution in [1.29, 1.82) is 0 Å². The summed E-state index contributed by atoms with van der Waals surface area (Å²) in [6.07, 6.45) is 10.3. The Kier molecular flexibility index (Phi) is 5.70. The highest BCUT2D eigenvalue weighted by Gasteiger charge is 2.25. The summed E-state index contributed by atoms with van der Waals surface area (Å²) in [6, 6.07) is 4.19. The van der Waals surface area contributed by atoms with Crippen molar-refractivity contribution in [1.82, 2.24) is 15.0 Å². The molecule has 0 spiro atoms. The molecule has 1 fully saturated rings. The molecule has 132 valence electrons. The molecule has 8 heteroatoms. The first-order valence-corrected chi connectivity index (χ1v) is 9.34. The van der Waals surface area contributed by atoms with Gasteiger partial charge in [0.05, 0.1) is 12.7 Å². The molecule has 1 saturated carbocycles. The van der Waals surface area contributed by atoms with E-state index in [1.54, 1.807) is 23.9 Å². The van der Waals surface area contributed by atoms with E-state index in [-0.39, 0.29) is 5.97 Å². The van der Waals surface area contributed by atoms with Gasteiger partial charge in [-0.25, -0.2) is 19.7 Å². The summed E-state index contributed by atoms with van der Waals surface area (Å²) >= 11 is 1.63. The minimum absolute atomic E-state index is 0.333. The standard InChI is InChI=1S/C17H21N5O2S/c1-24-16(23)11-3-6-15(18-8-11)21-12-4-5-13(7-12)22-17-19-9-14(25-2)10-20-17/h3,6,8-10,12-13H,4-5,7H2,1-2H3,(H,18,21)(H,19,20,22)/t12-,13-/m0/s1. The van der Waals surface area contributed by atoms with Crippen molar-refractivity contribution < 1.29 is 9.53 Å². The Labute approximate surface area is 151 Å². The normalized spacial score (nSPS) is 19.4. The molecule has 0 amide bonds. The Morgan fingerprint density at radius 2 is 1.84 bits per heavy atom. The lowest BCUT2D eigenvalue weighted by Gasteiger charge is -2.15. The summed E-state index contributed by atoms with van der Waals surface area (Å²) in [5.74, 6) is 1.06. The zero-order valence-electron chi connectivity index (χ0n) is 14.2. The minimum Gasteiger partial charge on any atom is -0.465 e. The van der Waals surface area contributed by atoms with Gasteiger partial charge in [0.25, 0.3) is 0 Å². The van der Waals surface area contributed by atoms with E-state index in [1.807, 2.05) is 18.6 Å². The fourth-order valence-corrected chi connectivity index (χ4v) is 3.17. The van der Waals surface area contributed by atoms with Crippen molar-refractivity contribution in [2.45, 2.75) is 36.2 Å². The Hall–Kier alpha value is -2.35. The lowest BCUT2D eigenvalue weighted by Crippen LogP contribution is -2.22. The fraction of sp³-hybridized carbons (Fsp3) is 0.412. The van der Waals surface area contributed by atoms with Crippen molar-refractivity contribution in [2.75, 3.05) is 24.0 Å². The van der Waals surface area contributed by atoms with Crippen molar-refractivity contribution >= 4 is 29.5 Å². The second-order valence-electron chi connectivity index (χ2n) is 5.87. The van der Waals surface area contributed by atoms with Gasteiger partial charge in [-0.3, -0.25) is 0 Å². The highest BCUT2D eigenvalue weighted by atomic mass is 32.2. The number of carbonyl (C=O) groups is 1. The van der Waals surface area contributed by atoms with E-state index >= 15 is 0 Å². The van der Waals surface area contributed by atoms with Gasteiger partial charge in [-0.2, -0.15) is 0 Å². The van der Waals surface area contributed by atoms with Crippen LogP contribution in [0, 0.1) is 0 Å². The van der Waals surface area contributed by atoms with Crippen LogP contribution in [-0.2, 0) is 4.74 Å². The first-order chi connectivity index (χ1) is 12.2. The van der Waals surface area contributed by atoms with Gasteiger partial charge in [-0.05, 0) is 37.7 Å². The first-order valence-electron chi connectivity index (χ1n) is 8.11. The van der Waals surface area contributed by atoms with Gasteiger partial charge in [0.1, 0.15) is 5.82 Å². The average molecular weight is 359 g/mol. The van der Waals surface area contributed by atoms with E-state index in [0.717, 1.165) is 30.0 Å². The second-order valence-corrected chi connectivity index (χ2v) is 6.75. The number of anilines is 2. The van der Waals surface area contributed by atoms with Crippen LogP contribution in [-0.4, -0.2) is 46.4 Å². The van der Waals surface area contributed by atoms with Crippen LogP contribution in [0.1, 0.15) is 29.6 Å². The maximum atomic E-state index is 11.4. The summed E-state index contributed by atoms with van der Waals surface area (Å²) in [5, 5.41) is 6.80. The zero-order valence-corrected chi connectivity index (χ0v) is 15.0. The third-order valence-corrected chi connectivity index (χ3v) is 4.85. The largest absolute Gasteiger partial charge is 0.465 e. The lowest BCUT2D eigenvalue weighted by molar-refractivity contribution is 0.0600. The van der Waals surface area contributed by atoms with Gasteiger partial charge in [0, 0.05) is 35.6 Å². The number of rotatable bonds is 6. The Morgan fingerprint density at radius 3 is 2.44 bits per heavy atom. The van der Waals surface area contributed by atoms with Gasteiger partial charge in [0.15, 0.2) is 0 Å². The number of thioether (sulfide) groups is 1. The molecule has 1 aliphatic carbocycles. The summed E-state index contributed by atoms with van der Waals surface area (Å²) < 4.78 is 4.67. The molecule has 3 rings (SSSR count). The third kappa shape index (κ3) is 4.60. The molecule has 2 aromatic rings. The van der Waals surface area contributed by atoms with E-state index in [2.05, 4.69) is 30.3 Å². The minimum atomic E-state index is -0.378. The molecule has 1 aliphatic rings. The Bertz CT molecular complexity index is 708. The van der Waals surface area contributed by atoms with Crippen LogP contribution < -0.4 is 10.6 Å². The topological polar surface area (TPSA) is 89.0 Å². The molecule has 0 bridgehead atoms. The average Bonchev–Trinajstić information content (AvgIpc) is 3.09. The molecule has 2 aromatic heterocycles. The smallest absolute Gasteiger partial charge is 0.339 e. The van der Waals surface area contributed by atoms with Gasteiger partial charge < -0.3 is 15.4 Å². The van der Waals surface area contributed by atoms with E-state index in [0.29, 0.717) is 23.6 Å². The number of esters is 1. The zero-order chi connectivity index (χ0) is 17.6. The highest BCUT2D eigenvalue weighted by Crippen LogP contribution is 2.25. The van der Waals surface area contributed by atoms with E-state index in [1.165, 1.54) is 13.3 Å². The molecule has 0 saturated heterocycles. The molecule has 7 nitrogen and oxygen atoms in total. The molecule has 0 aliphatic heterocycles. The van der Waals surface area contributed by atoms with Crippen molar-refractivity contribution in [3.05, 3.63) is 36.3 Å². The number of carbonyl (C=O) groups excluding carboxylic acids is 1. The van der Waals surface area contributed by atoms with Crippen LogP contribution in [0.5, 0.6) is 0 Å². The highest BCUT2D eigenvalue weighted by molar-refractivity contribution is 7.98. The fourth-order valence-electron chi connectivity index (χ4n) is 2.85. The summed E-state index contributed by atoms with van der Waals surface area (Å²) in [4.78, 5) is 25.4. The molecule has 2 atom stereocenters. The van der Waals surface area contributed by atoms with Crippen LogP contribution in [0.3, 0.4) is 0 Å². The number of ether oxygens (including phenoxy) is 1. The molecule has 0 radical (unpaired) electrons. The lowest BCUT2D eigenvalue weighted by atomic mass is 10.2. The van der Waals surface area contributed by atoms with E-state index < -0.39 is 0 Å². The predicted molar refractivity (Wildman–Crippen MR) is 98.1 cm³/mol. The molecule has 2 N–H and O–H groups in total. The number of pyridine rings is 1. The maximum absolute atomic E-state index is 11.4. The van der Waals surface area contributed by atoms with Crippen molar-refractivity contribution in [3.8, 4) is 0 Å². The molecular formula is C17H21N5O2S. The van der Waals surface area contributed by atoms with Gasteiger partial charge >= 0.3 is 5.97 Å². The van der Waals surface area contributed by atoms with Gasteiger partial charge in [-0.1, -0.05) is 0 Å². The van der Waals surface area contributed by atoms with Crippen LogP contribution in [0.25, 0.3) is 0 Å². The Morgan fingerprint density at radius 1 is 1.12 bits per heavy atom. The monoisotopic (exact) mass is 359 g/mol. The van der Waals surface area contributed by atoms with Crippen LogP contribution >= 0.6 is 11.8 Å². The SMILES string of the molecule is COC(=O)c1ccc(N[C@H]2CC[C@H](Nc3ncc(SC)cn3)C2)nc1. The summed E-state index contributed by atoms with van der Waals surface area (Å²) in [7, 11) is 1.36. The number of nitrogens with zero attached hydrogens (tertiary/aromatic N) is 3. The third-order valence-electron chi connectivity index (χ3n) is 4.17. The molecule has 0 unspecified atom stereocenters. The number of aromatic nitrogens is 3. The van der Waals surface area contributed by atoms with Crippen LogP contribution in [0.2, 0.25) is 0 Å². The predicted octanol–water partition coefficient (Wildman–Crippen LogP) is 2.83. The quantitative estimate of drug-likeness (QED) is 0.601. The summed E-state index contributed by atoms with van der Waals surface area (Å²) in [6.45, 7) is 0. The number of nitrogens with one attached hydrogen (secondary N) is 2. The van der Waals surface area contributed by atoms with Crippen LogP contribution in [0.4, 0.5) is 11.8 Å². The molecule has 2 heterocycles. The van der Waals surface area contributed by atoms with Crippen molar-refractivity contribution in [2.24, 2.45) is 0 Å². The van der Waals surface area contributed by atoms with Gasteiger partial charge in [0.2, 0.25) is 5.95 Å². The van der Waals surface area contributed by atoms with E-state index in [4.69, 9.17) is 0 Å². The number of hydrogen-bond donors (Lipinski definition) is 2. The van der Waals surface area contributed by atoms with E-state index in [9.17, 15) is 4.79 Å². The molecule has 0 aromatic carbocycles. The summed E-state index contributed by atoms with van der Waals surface area (Å²) in [5.41, 5.74) is 0.449. The number of hydrogen-bond acceptors (Lipinski definition) is 8. The first kappa shape index (κ1) is 17.5. The number of methoxy groups -OCH3 is 1. The van der Waals surface area contributed by atoms with Crippen LogP contribution in [0.15, 0.2) is 35.6 Å². The molecular weight excluding hydrogens is 338 g/mol. The molecule has 25 heavy (non-hydrogen) atoms. The Balaban J connectivity index is 1.51. The van der Waals surface area contributed by atoms with Gasteiger partial charge in [-0.15, -0.1) is 11.8 Å². The van der Waals surface area contributed by atoms with Crippen molar-refractivity contribution in [3.63, 3.8) is 0 Å².